The molecule has 1 unspecified atom stereocenters. The number of pyridine rings is 1. The number of likely N-dealkylation sites (N-methyl/N-ethyl adjacent to an activating group) is 1. The molecule has 0 saturated carbocycles. The normalized spacial score (nSPS) is 14.2. The highest BCUT2D eigenvalue weighted by Crippen LogP contribution is 2.27. The minimum atomic E-state index is -0.264. The summed E-state index contributed by atoms with van der Waals surface area (Å²) in [5.41, 5.74) is 2.73. The molecule has 1 aliphatic rings. The van der Waals surface area contributed by atoms with Gasteiger partial charge in [0.2, 0.25) is 0 Å². The number of amides is 1. The van der Waals surface area contributed by atoms with E-state index in [9.17, 15) is 9.90 Å². The van der Waals surface area contributed by atoms with E-state index in [1.165, 1.54) is 5.56 Å². The van der Waals surface area contributed by atoms with Crippen LogP contribution in [0.25, 0.3) is 0 Å². The van der Waals surface area contributed by atoms with E-state index in [2.05, 4.69) is 38.2 Å². The van der Waals surface area contributed by atoms with Crippen LogP contribution in [0.1, 0.15) is 49.5 Å². The van der Waals surface area contributed by atoms with Crippen molar-refractivity contribution in [1.29, 1.82) is 0 Å². The quantitative estimate of drug-likeness (QED) is 0.336. The molecule has 3 heterocycles. The number of hydrogen-bond acceptors (Lipinski definition) is 9. The van der Waals surface area contributed by atoms with E-state index in [0.717, 1.165) is 29.5 Å². The summed E-state index contributed by atoms with van der Waals surface area (Å²) in [6.45, 7) is 5.14. The van der Waals surface area contributed by atoms with Crippen LogP contribution in [-0.4, -0.2) is 36.7 Å². The molecule has 4 rings (SSSR count). The lowest BCUT2D eigenvalue weighted by atomic mass is 10.0. The van der Waals surface area contributed by atoms with Crippen molar-refractivity contribution in [3.63, 3.8) is 0 Å². The summed E-state index contributed by atoms with van der Waals surface area (Å²) in [6, 6.07) is 5.78. The van der Waals surface area contributed by atoms with E-state index in [-0.39, 0.29) is 11.7 Å². The molecule has 9 nitrogen and oxygen atoms in total. The highest BCUT2D eigenvalue weighted by atomic mass is 32.1. The zero-order valence-electron chi connectivity index (χ0n) is 20.6. The number of nitrogens with one attached hydrogen (secondary N) is 2. The van der Waals surface area contributed by atoms with Crippen molar-refractivity contribution in [3.05, 3.63) is 89.0 Å². The molecule has 1 atom stereocenters. The van der Waals surface area contributed by atoms with Crippen LogP contribution >= 0.6 is 11.7 Å². The molecule has 0 bridgehead atoms. The molecule has 0 aliphatic heterocycles. The number of carbonyl (C=O) groups excluding carboxylic acids is 1. The summed E-state index contributed by atoms with van der Waals surface area (Å²) >= 11 is 1.04. The fourth-order valence-electron chi connectivity index (χ4n) is 3.71. The van der Waals surface area contributed by atoms with Gasteiger partial charge >= 0.3 is 0 Å². The molecule has 3 N–H and O–H groups in total. The van der Waals surface area contributed by atoms with Crippen LogP contribution in [0.5, 0.6) is 0 Å². The molecule has 0 radical (unpaired) electrons. The maximum absolute atomic E-state index is 13.2. The first-order valence-corrected chi connectivity index (χ1v) is 12.5. The molecule has 1 amide bonds. The van der Waals surface area contributed by atoms with Gasteiger partial charge in [-0.2, -0.15) is 8.75 Å². The zero-order chi connectivity index (χ0) is 25.5. The number of allylic oxidation sites excluding steroid dienone is 3. The third kappa shape index (κ3) is 6.01. The van der Waals surface area contributed by atoms with E-state index in [4.69, 9.17) is 4.42 Å². The maximum Gasteiger partial charge on any atom is 0.253 e. The molecule has 10 heteroatoms. The number of aromatic nitrogens is 3. The van der Waals surface area contributed by atoms with Crippen molar-refractivity contribution in [2.45, 2.75) is 45.7 Å². The van der Waals surface area contributed by atoms with Gasteiger partial charge < -0.3 is 25.1 Å². The zero-order valence-corrected chi connectivity index (χ0v) is 21.4. The third-order valence-corrected chi connectivity index (χ3v) is 6.56. The SMILES string of the molecule is CCC(C)c1coc(CNc2nsnc2NC2=CC=CCC(C(=O)N(C)Cc3cccnc3)=C2O)c1. The first kappa shape index (κ1) is 25.2. The Morgan fingerprint density at radius 1 is 1.33 bits per heavy atom. The fourth-order valence-corrected chi connectivity index (χ4v) is 4.20. The van der Waals surface area contributed by atoms with E-state index < -0.39 is 0 Å². The van der Waals surface area contributed by atoms with Crippen molar-refractivity contribution in [3.8, 4) is 0 Å². The topological polar surface area (TPSA) is 116 Å². The van der Waals surface area contributed by atoms with Gasteiger partial charge in [0.15, 0.2) is 11.6 Å². The van der Waals surface area contributed by atoms with Crippen LogP contribution in [0.2, 0.25) is 0 Å². The second kappa shape index (κ2) is 11.7. The van der Waals surface area contributed by atoms with Crippen LogP contribution in [0.4, 0.5) is 11.6 Å². The highest BCUT2D eigenvalue weighted by Gasteiger charge is 2.23. The molecule has 0 aromatic carbocycles. The maximum atomic E-state index is 13.2. The van der Waals surface area contributed by atoms with Gasteiger partial charge in [0, 0.05) is 26.0 Å². The summed E-state index contributed by atoms with van der Waals surface area (Å²) in [4.78, 5) is 18.8. The molecular formula is C26H30N6O3S. The Kier molecular flexibility index (Phi) is 8.17. The number of hydrogen-bond donors (Lipinski definition) is 3. The lowest BCUT2D eigenvalue weighted by Gasteiger charge is -2.20. The largest absolute Gasteiger partial charge is 0.505 e. The van der Waals surface area contributed by atoms with Crippen molar-refractivity contribution < 1.29 is 14.3 Å². The van der Waals surface area contributed by atoms with Gasteiger partial charge in [-0.05, 0) is 48.1 Å². The summed E-state index contributed by atoms with van der Waals surface area (Å²) in [7, 11) is 1.70. The average Bonchev–Trinajstić information content (AvgIpc) is 3.51. The van der Waals surface area contributed by atoms with Gasteiger partial charge in [-0.1, -0.05) is 32.1 Å². The first-order valence-electron chi connectivity index (χ1n) is 11.8. The summed E-state index contributed by atoms with van der Waals surface area (Å²) in [5, 5.41) is 17.4. The van der Waals surface area contributed by atoms with Crippen LogP contribution in [-0.2, 0) is 17.9 Å². The minimum Gasteiger partial charge on any atom is -0.505 e. The van der Waals surface area contributed by atoms with Crippen molar-refractivity contribution in [2.75, 3.05) is 17.7 Å². The van der Waals surface area contributed by atoms with Crippen molar-refractivity contribution >= 4 is 29.3 Å². The van der Waals surface area contributed by atoms with Crippen LogP contribution in [0.15, 0.2) is 76.5 Å². The lowest BCUT2D eigenvalue weighted by Crippen LogP contribution is -2.28. The minimum absolute atomic E-state index is 0.119. The summed E-state index contributed by atoms with van der Waals surface area (Å²) in [6.07, 6.45) is 11.9. The van der Waals surface area contributed by atoms with Gasteiger partial charge in [0.05, 0.1) is 35.8 Å². The van der Waals surface area contributed by atoms with E-state index in [0.29, 0.717) is 48.3 Å². The van der Waals surface area contributed by atoms with Crippen LogP contribution < -0.4 is 10.6 Å². The first-order chi connectivity index (χ1) is 17.5. The molecule has 0 spiro atoms. The Morgan fingerprint density at radius 3 is 2.94 bits per heavy atom. The van der Waals surface area contributed by atoms with Gasteiger partial charge in [-0.3, -0.25) is 9.78 Å². The Labute approximate surface area is 214 Å². The van der Waals surface area contributed by atoms with Gasteiger partial charge in [-0.15, -0.1) is 0 Å². The Bertz CT molecular complexity index is 1280. The Hall–Kier alpha value is -3.92. The average molecular weight is 507 g/mol. The predicted octanol–water partition coefficient (Wildman–Crippen LogP) is 5.38. The number of aliphatic hydroxyl groups is 1. The molecular weight excluding hydrogens is 476 g/mol. The number of aliphatic hydroxyl groups excluding tert-OH is 1. The number of carbonyl (C=O) groups is 1. The number of furan rings is 1. The third-order valence-electron chi connectivity index (χ3n) is 6.04. The lowest BCUT2D eigenvalue weighted by molar-refractivity contribution is -0.126. The van der Waals surface area contributed by atoms with Crippen molar-refractivity contribution in [2.24, 2.45) is 0 Å². The monoisotopic (exact) mass is 506 g/mol. The number of rotatable bonds is 10. The predicted molar refractivity (Wildman–Crippen MR) is 140 cm³/mol. The molecule has 0 saturated heterocycles. The summed E-state index contributed by atoms with van der Waals surface area (Å²) < 4.78 is 14.3. The second-order valence-electron chi connectivity index (χ2n) is 8.66. The Morgan fingerprint density at radius 2 is 2.17 bits per heavy atom. The van der Waals surface area contributed by atoms with E-state index >= 15 is 0 Å². The van der Waals surface area contributed by atoms with Crippen molar-refractivity contribution in [1.82, 2.24) is 18.6 Å². The van der Waals surface area contributed by atoms with E-state index in [1.54, 1.807) is 42.8 Å². The fraction of sp³-hybridized carbons (Fsp3) is 0.308. The van der Waals surface area contributed by atoms with Gasteiger partial charge in [0.1, 0.15) is 11.5 Å². The number of anilines is 2. The molecule has 3 aromatic rings. The van der Waals surface area contributed by atoms with Crippen LogP contribution in [0, 0.1) is 0 Å². The van der Waals surface area contributed by atoms with Gasteiger partial charge in [0.25, 0.3) is 5.91 Å². The number of nitrogens with zero attached hydrogens (tertiary/aromatic N) is 4. The molecule has 188 valence electrons. The van der Waals surface area contributed by atoms with Gasteiger partial charge in [-0.25, -0.2) is 0 Å². The van der Waals surface area contributed by atoms with E-state index in [1.807, 2.05) is 24.3 Å². The molecule has 1 aliphatic carbocycles. The molecule has 3 aromatic heterocycles. The van der Waals surface area contributed by atoms with Crippen LogP contribution in [0.3, 0.4) is 0 Å². The smallest absolute Gasteiger partial charge is 0.253 e. The highest BCUT2D eigenvalue weighted by molar-refractivity contribution is 6.99. The molecule has 0 fully saturated rings. The molecule has 36 heavy (non-hydrogen) atoms. The Balaban J connectivity index is 1.45. The standard InChI is InChI=1S/C26H30N6O3S/c1-4-17(2)19-12-20(35-16-19)14-28-24-25(31-36-30-24)29-22-10-6-5-9-21(23(22)33)26(34)32(3)15-18-8-7-11-27-13-18/h5-8,10-13,16-17,33H,4,9,14-15H2,1-3H3,(H,28,30)(H,29,31). The second-order valence-corrected chi connectivity index (χ2v) is 9.19. The summed E-state index contributed by atoms with van der Waals surface area (Å²) in [5.74, 6) is 1.84.